The molecule has 8 heteroatoms. The molecule has 0 aliphatic heterocycles. The molecule has 0 unspecified atom stereocenters. The minimum absolute atomic E-state index is 0.0872. The van der Waals surface area contributed by atoms with Crippen molar-refractivity contribution in [3.63, 3.8) is 0 Å². The summed E-state index contributed by atoms with van der Waals surface area (Å²) in [5, 5.41) is 14.2. The maximum absolute atomic E-state index is 12.0. The Morgan fingerprint density at radius 1 is 1.16 bits per heavy atom. The molecule has 0 saturated heterocycles. The number of benzene rings is 2. The van der Waals surface area contributed by atoms with E-state index in [1.54, 1.807) is 12.1 Å². The van der Waals surface area contributed by atoms with Gasteiger partial charge in [0.2, 0.25) is 0 Å². The Balaban J connectivity index is 1.90. The smallest absolute Gasteiger partial charge is 0.258 e. The molecule has 1 heterocycles. The zero-order chi connectivity index (χ0) is 22.4. The van der Waals surface area contributed by atoms with E-state index in [2.05, 4.69) is 20.6 Å². The number of amides is 1. The number of hydrogen-bond donors (Lipinski definition) is 4. The quantitative estimate of drug-likeness (QED) is 0.435. The van der Waals surface area contributed by atoms with E-state index in [1.807, 2.05) is 57.2 Å². The summed E-state index contributed by atoms with van der Waals surface area (Å²) in [6, 6.07) is 14.8. The third-order valence-corrected chi connectivity index (χ3v) is 4.18. The molecule has 1 aromatic heterocycles. The predicted molar refractivity (Wildman–Crippen MR) is 123 cm³/mol. The largest absolute Gasteiger partial charge is 0.484 e. The number of nitrogens with two attached hydrogens (primary N) is 1. The van der Waals surface area contributed by atoms with Crippen LogP contribution in [0.15, 0.2) is 60.4 Å². The van der Waals surface area contributed by atoms with Crippen LogP contribution in [0.4, 0.5) is 5.82 Å². The van der Waals surface area contributed by atoms with Gasteiger partial charge >= 0.3 is 0 Å². The van der Waals surface area contributed by atoms with Crippen molar-refractivity contribution in [2.45, 2.75) is 26.3 Å². The SMILES string of the molecule is CC(C)(C)NC(=O)COc1cccc(-c2nc(N/C(C=N)=C/N)c3ccccc3n2)c1. The van der Waals surface area contributed by atoms with Crippen LogP contribution in [0.2, 0.25) is 0 Å². The van der Waals surface area contributed by atoms with Crippen LogP contribution in [-0.4, -0.2) is 34.2 Å². The van der Waals surface area contributed by atoms with Crippen molar-refractivity contribution in [2.75, 3.05) is 11.9 Å². The highest BCUT2D eigenvalue weighted by atomic mass is 16.5. The van der Waals surface area contributed by atoms with Crippen LogP contribution in [0.1, 0.15) is 20.8 Å². The molecule has 0 aliphatic carbocycles. The van der Waals surface area contributed by atoms with Crippen molar-refractivity contribution in [1.29, 1.82) is 5.41 Å². The lowest BCUT2D eigenvalue weighted by atomic mass is 10.1. The number of carbonyl (C=O) groups excluding carboxylic acids is 1. The summed E-state index contributed by atoms with van der Waals surface area (Å²) < 4.78 is 5.65. The highest BCUT2D eigenvalue weighted by molar-refractivity contribution is 5.93. The fourth-order valence-electron chi connectivity index (χ4n) is 2.89. The molecule has 3 aromatic rings. The fourth-order valence-corrected chi connectivity index (χ4v) is 2.89. The van der Waals surface area contributed by atoms with E-state index in [0.717, 1.165) is 22.7 Å². The second kappa shape index (κ2) is 9.25. The lowest BCUT2D eigenvalue weighted by molar-refractivity contribution is -0.124. The number of nitrogens with one attached hydrogen (secondary N) is 3. The first-order chi connectivity index (χ1) is 14.8. The minimum atomic E-state index is -0.321. The zero-order valence-electron chi connectivity index (χ0n) is 17.8. The van der Waals surface area contributed by atoms with Gasteiger partial charge < -0.3 is 26.5 Å². The van der Waals surface area contributed by atoms with Crippen molar-refractivity contribution in [3.05, 3.63) is 60.4 Å². The highest BCUT2D eigenvalue weighted by Gasteiger charge is 2.15. The summed E-state index contributed by atoms with van der Waals surface area (Å²) in [5.74, 6) is 1.36. The summed E-state index contributed by atoms with van der Waals surface area (Å²) in [5.41, 5.74) is 7.14. The Hall–Kier alpha value is -3.94. The summed E-state index contributed by atoms with van der Waals surface area (Å²) in [4.78, 5) is 21.3. The van der Waals surface area contributed by atoms with Gasteiger partial charge in [-0.1, -0.05) is 24.3 Å². The molecule has 0 atom stereocenters. The van der Waals surface area contributed by atoms with Crippen molar-refractivity contribution in [3.8, 4) is 17.1 Å². The second-order valence-electron chi connectivity index (χ2n) is 7.92. The number of aromatic nitrogens is 2. The zero-order valence-corrected chi connectivity index (χ0v) is 17.8. The number of ether oxygens (including phenoxy) is 1. The number of hydrogen-bond acceptors (Lipinski definition) is 7. The van der Waals surface area contributed by atoms with E-state index in [1.165, 1.54) is 6.20 Å². The molecule has 0 spiro atoms. The van der Waals surface area contributed by atoms with Crippen LogP contribution in [0.5, 0.6) is 5.75 Å². The highest BCUT2D eigenvalue weighted by Crippen LogP contribution is 2.27. The maximum Gasteiger partial charge on any atom is 0.258 e. The number of carbonyl (C=O) groups is 1. The maximum atomic E-state index is 12.0. The Morgan fingerprint density at radius 2 is 1.94 bits per heavy atom. The van der Waals surface area contributed by atoms with Gasteiger partial charge in [-0.05, 0) is 45.0 Å². The number of rotatable bonds is 7. The van der Waals surface area contributed by atoms with E-state index in [9.17, 15) is 4.79 Å². The molecule has 2 aromatic carbocycles. The molecular formula is C23H26N6O2. The van der Waals surface area contributed by atoms with Crippen molar-refractivity contribution >= 4 is 28.8 Å². The fraction of sp³-hybridized carbons (Fsp3) is 0.217. The van der Waals surface area contributed by atoms with E-state index in [0.29, 0.717) is 23.1 Å². The first kappa shape index (κ1) is 21.8. The lowest BCUT2D eigenvalue weighted by Gasteiger charge is -2.20. The van der Waals surface area contributed by atoms with E-state index < -0.39 is 0 Å². The number of para-hydroxylation sites is 1. The van der Waals surface area contributed by atoms with Crippen LogP contribution in [0.3, 0.4) is 0 Å². The molecular weight excluding hydrogens is 392 g/mol. The van der Waals surface area contributed by atoms with E-state index in [-0.39, 0.29) is 18.1 Å². The van der Waals surface area contributed by atoms with Gasteiger partial charge in [-0.25, -0.2) is 9.97 Å². The minimum Gasteiger partial charge on any atom is -0.484 e. The van der Waals surface area contributed by atoms with Crippen molar-refractivity contribution in [2.24, 2.45) is 5.73 Å². The van der Waals surface area contributed by atoms with Gasteiger partial charge in [0.25, 0.3) is 5.91 Å². The molecule has 5 N–H and O–H groups in total. The Kier molecular flexibility index (Phi) is 6.49. The third kappa shape index (κ3) is 5.79. The molecule has 0 aliphatic rings. The molecule has 3 rings (SSSR count). The Labute approximate surface area is 181 Å². The van der Waals surface area contributed by atoms with Gasteiger partial charge in [-0.3, -0.25) is 4.79 Å². The summed E-state index contributed by atoms with van der Waals surface area (Å²) in [7, 11) is 0. The number of allylic oxidation sites excluding steroid dienone is 1. The molecule has 8 nitrogen and oxygen atoms in total. The Bertz CT molecular complexity index is 1130. The van der Waals surface area contributed by atoms with E-state index >= 15 is 0 Å². The van der Waals surface area contributed by atoms with Gasteiger partial charge in [0.15, 0.2) is 12.4 Å². The van der Waals surface area contributed by atoms with Crippen LogP contribution in [-0.2, 0) is 4.79 Å². The summed E-state index contributed by atoms with van der Waals surface area (Å²) >= 11 is 0. The average Bonchev–Trinajstić information content (AvgIpc) is 2.74. The van der Waals surface area contributed by atoms with Gasteiger partial charge in [-0.15, -0.1) is 0 Å². The molecule has 1 amide bonds. The normalized spacial score (nSPS) is 11.8. The van der Waals surface area contributed by atoms with Crippen LogP contribution < -0.4 is 21.1 Å². The summed E-state index contributed by atoms with van der Waals surface area (Å²) in [6.07, 6.45) is 2.42. The average molecular weight is 419 g/mol. The number of nitrogens with zero attached hydrogens (tertiary/aromatic N) is 2. The van der Waals surface area contributed by atoms with Crippen LogP contribution in [0.25, 0.3) is 22.3 Å². The Morgan fingerprint density at radius 3 is 2.65 bits per heavy atom. The predicted octanol–water partition coefficient (Wildman–Crippen LogP) is 3.45. The van der Waals surface area contributed by atoms with Gasteiger partial charge in [0.05, 0.1) is 11.2 Å². The van der Waals surface area contributed by atoms with Gasteiger partial charge in [0, 0.05) is 28.9 Å². The van der Waals surface area contributed by atoms with Crippen molar-refractivity contribution < 1.29 is 9.53 Å². The molecule has 0 bridgehead atoms. The lowest BCUT2D eigenvalue weighted by Crippen LogP contribution is -2.43. The van der Waals surface area contributed by atoms with Crippen LogP contribution >= 0.6 is 0 Å². The van der Waals surface area contributed by atoms with Crippen molar-refractivity contribution in [1.82, 2.24) is 15.3 Å². The first-order valence-corrected chi connectivity index (χ1v) is 9.79. The second-order valence-corrected chi connectivity index (χ2v) is 7.92. The van der Waals surface area contributed by atoms with Gasteiger partial charge in [-0.2, -0.15) is 0 Å². The van der Waals surface area contributed by atoms with E-state index in [4.69, 9.17) is 15.9 Å². The monoisotopic (exact) mass is 418 g/mol. The molecule has 0 saturated carbocycles. The summed E-state index contributed by atoms with van der Waals surface area (Å²) in [6.45, 7) is 5.66. The molecule has 0 radical (unpaired) electrons. The first-order valence-electron chi connectivity index (χ1n) is 9.79. The third-order valence-electron chi connectivity index (χ3n) is 4.18. The number of anilines is 1. The standard InChI is InChI=1S/C23H26N6O2/c1-23(2,3)29-20(30)14-31-17-8-6-7-15(11-17)21-27-19-10-5-4-9-18(19)22(28-21)26-16(12-24)13-25/h4-13,24H,14,25H2,1-3H3,(H,29,30)(H,26,27,28)/b16-13+,24-12?. The number of fused-ring (bicyclic) bond motifs is 1. The topological polar surface area (TPSA) is 126 Å². The van der Waals surface area contributed by atoms with Crippen LogP contribution in [0, 0.1) is 5.41 Å². The molecule has 0 fully saturated rings. The molecule has 160 valence electrons. The van der Waals surface area contributed by atoms with Gasteiger partial charge in [0.1, 0.15) is 11.6 Å². The molecule has 31 heavy (non-hydrogen) atoms.